The van der Waals surface area contributed by atoms with Crippen LogP contribution < -0.4 is 15.6 Å². The summed E-state index contributed by atoms with van der Waals surface area (Å²) in [6, 6.07) is 16.3. The highest BCUT2D eigenvalue weighted by molar-refractivity contribution is 5.96. The number of hydrogen-bond acceptors (Lipinski definition) is 5. The molecule has 2 aliphatic rings. The molecule has 0 atom stereocenters. The Labute approximate surface area is 210 Å². The molecule has 3 aromatic rings. The van der Waals surface area contributed by atoms with E-state index in [9.17, 15) is 14.7 Å². The van der Waals surface area contributed by atoms with Gasteiger partial charge in [0.1, 0.15) is 12.4 Å². The molecule has 0 unspecified atom stereocenters. The minimum atomic E-state index is -0.556. The number of rotatable bonds is 8. The van der Waals surface area contributed by atoms with Crippen LogP contribution in [0.4, 0.5) is 0 Å². The van der Waals surface area contributed by atoms with Gasteiger partial charge in [-0.15, -0.1) is 0 Å². The van der Waals surface area contributed by atoms with Gasteiger partial charge in [0.05, 0.1) is 6.61 Å². The van der Waals surface area contributed by atoms with E-state index in [4.69, 9.17) is 4.74 Å². The summed E-state index contributed by atoms with van der Waals surface area (Å²) < 4.78 is 7.58. The van der Waals surface area contributed by atoms with E-state index < -0.39 is 11.2 Å². The molecule has 0 saturated heterocycles. The number of hydrogen-bond donors (Lipinski definition) is 2. The quantitative estimate of drug-likeness (QED) is 0.372. The molecule has 1 aliphatic heterocycles. The number of fused-ring (bicyclic) bond motifs is 3. The zero-order valence-corrected chi connectivity index (χ0v) is 20.3. The van der Waals surface area contributed by atoms with Crippen molar-refractivity contribution in [2.45, 2.75) is 38.5 Å². The number of unbranched alkanes of at least 4 members (excludes halogenated alkanes) is 1. The molecule has 2 N–H and O–H groups in total. The molecule has 0 spiro atoms. The van der Waals surface area contributed by atoms with Crippen LogP contribution in [-0.4, -0.2) is 40.4 Å². The number of benzene rings is 2. The normalized spacial score (nSPS) is 14.6. The maximum Gasteiger partial charge on any atom is 0.277 e. The molecule has 0 saturated carbocycles. The third-order valence-corrected chi connectivity index (χ3v) is 6.88. The summed E-state index contributed by atoms with van der Waals surface area (Å²) in [4.78, 5) is 25.9. The lowest BCUT2D eigenvalue weighted by Gasteiger charge is -2.31. The molecule has 1 aromatic heterocycles. The number of aryl methyl sites for hydroxylation is 2. The van der Waals surface area contributed by atoms with E-state index in [0.717, 1.165) is 44.3 Å². The average molecular weight is 486 g/mol. The molecule has 0 radical (unpaired) electrons. The number of nitrogens with one attached hydrogen (secondary N) is 1. The number of pyridine rings is 1. The fourth-order valence-corrected chi connectivity index (χ4v) is 4.91. The highest BCUT2D eigenvalue weighted by Gasteiger charge is 2.27. The summed E-state index contributed by atoms with van der Waals surface area (Å²) in [5.74, 6) is 0.126. The number of allylic oxidation sites excluding steroid dienone is 1. The van der Waals surface area contributed by atoms with Crippen LogP contribution in [-0.2, 0) is 19.3 Å². The van der Waals surface area contributed by atoms with Gasteiger partial charge in [0, 0.05) is 30.8 Å². The maximum absolute atomic E-state index is 12.7. The largest absolute Gasteiger partial charge is 0.502 e. The van der Waals surface area contributed by atoms with Gasteiger partial charge in [-0.3, -0.25) is 14.3 Å². The average Bonchev–Trinajstić information content (AvgIpc) is 3.09. The topological polar surface area (TPSA) is 83.8 Å². The summed E-state index contributed by atoms with van der Waals surface area (Å²) in [6.07, 6.45) is 11.1. The van der Waals surface area contributed by atoms with Gasteiger partial charge in [-0.2, -0.15) is 0 Å². The van der Waals surface area contributed by atoms with Gasteiger partial charge in [-0.1, -0.05) is 48.6 Å². The van der Waals surface area contributed by atoms with Crippen molar-refractivity contribution in [2.75, 3.05) is 25.2 Å². The van der Waals surface area contributed by atoms with Gasteiger partial charge in [0.15, 0.2) is 11.4 Å². The zero-order valence-electron chi connectivity index (χ0n) is 20.3. The molecule has 7 heteroatoms. The molecular weight excluding hydrogens is 454 g/mol. The molecule has 2 aromatic carbocycles. The third-order valence-electron chi connectivity index (χ3n) is 6.88. The van der Waals surface area contributed by atoms with E-state index in [2.05, 4.69) is 60.0 Å². The van der Waals surface area contributed by atoms with Gasteiger partial charge in [0.2, 0.25) is 5.43 Å². The summed E-state index contributed by atoms with van der Waals surface area (Å²) >= 11 is 0. The number of amides is 1. The molecule has 1 amide bonds. The van der Waals surface area contributed by atoms with Crippen LogP contribution in [0.5, 0.6) is 11.5 Å². The van der Waals surface area contributed by atoms with Crippen molar-refractivity contribution in [3.8, 4) is 11.5 Å². The van der Waals surface area contributed by atoms with Gasteiger partial charge >= 0.3 is 0 Å². The Balaban J connectivity index is 1.08. The van der Waals surface area contributed by atoms with Crippen LogP contribution in [0.15, 0.2) is 71.7 Å². The number of aromatic hydroxyl groups is 1. The minimum Gasteiger partial charge on any atom is -0.502 e. The molecule has 7 nitrogen and oxygen atoms in total. The second-order valence-corrected chi connectivity index (χ2v) is 9.22. The fourth-order valence-electron chi connectivity index (χ4n) is 4.91. The predicted molar refractivity (Wildman–Crippen MR) is 139 cm³/mol. The van der Waals surface area contributed by atoms with E-state index in [0.29, 0.717) is 19.8 Å². The first-order chi connectivity index (χ1) is 17.6. The standard InChI is InChI=1S/C29H31N3O4/c33-25-15-17-32-27(28(25)34)29(35)31(20-30-32)16-6-2-1-3-7-18-36-26-12-8-11-22-14-13-21-9-4-5-10-23(21)19-24(22)26/h1,3-5,8-12,15,17,30,34H,2,6-7,13-14,16,18-20H2. The van der Waals surface area contributed by atoms with Crippen molar-refractivity contribution >= 4 is 5.91 Å². The van der Waals surface area contributed by atoms with Crippen LogP contribution in [0.2, 0.25) is 0 Å². The van der Waals surface area contributed by atoms with Gasteiger partial charge in [-0.25, -0.2) is 0 Å². The van der Waals surface area contributed by atoms with Crippen molar-refractivity contribution in [1.82, 2.24) is 9.58 Å². The Bertz CT molecular complexity index is 1340. The second-order valence-electron chi connectivity index (χ2n) is 9.22. The summed E-state index contributed by atoms with van der Waals surface area (Å²) in [6.45, 7) is 1.48. The van der Waals surface area contributed by atoms with E-state index in [1.165, 1.54) is 39.2 Å². The van der Waals surface area contributed by atoms with E-state index in [1.807, 2.05) is 0 Å². The van der Waals surface area contributed by atoms with Crippen molar-refractivity contribution in [3.63, 3.8) is 0 Å². The first-order valence-electron chi connectivity index (χ1n) is 12.5. The van der Waals surface area contributed by atoms with E-state index >= 15 is 0 Å². The minimum absolute atomic E-state index is 0.0104. The lowest BCUT2D eigenvalue weighted by molar-refractivity contribution is 0.0721. The van der Waals surface area contributed by atoms with Gasteiger partial charge in [0.25, 0.3) is 5.91 Å². The molecule has 0 bridgehead atoms. The van der Waals surface area contributed by atoms with Crippen LogP contribution in [0.3, 0.4) is 0 Å². The monoisotopic (exact) mass is 485 g/mol. The van der Waals surface area contributed by atoms with E-state index in [-0.39, 0.29) is 11.6 Å². The van der Waals surface area contributed by atoms with Crippen LogP contribution in [0.1, 0.15) is 52.0 Å². The summed E-state index contributed by atoms with van der Waals surface area (Å²) in [5.41, 5.74) is 7.95. The van der Waals surface area contributed by atoms with Crippen LogP contribution >= 0.6 is 0 Å². The van der Waals surface area contributed by atoms with Crippen LogP contribution in [0, 0.1) is 0 Å². The molecule has 2 heterocycles. The predicted octanol–water partition coefficient (Wildman–Crippen LogP) is 4.01. The smallest absolute Gasteiger partial charge is 0.277 e. The number of carbonyl (C=O) groups is 1. The number of aromatic nitrogens is 1. The van der Waals surface area contributed by atoms with Crippen molar-refractivity contribution < 1.29 is 14.6 Å². The zero-order chi connectivity index (χ0) is 24.9. The van der Waals surface area contributed by atoms with Crippen LogP contribution in [0.25, 0.3) is 0 Å². The Kier molecular flexibility index (Phi) is 7.07. The summed E-state index contributed by atoms with van der Waals surface area (Å²) in [7, 11) is 0. The summed E-state index contributed by atoms with van der Waals surface area (Å²) in [5, 5.41) is 9.98. The Morgan fingerprint density at radius 3 is 2.61 bits per heavy atom. The SMILES string of the molecule is O=C1c2c(O)c(=O)ccn2NCN1CCCC=CCCOc1cccc2c1Cc1ccccc1CC2. The maximum atomic E-state index is 12.7. The Morgan fingerprint density at radius 2 is 1.72 bits per heavy atom. The highest BCUT2D eigenvalue weighted by Crippen LogP contribution is 2.31. The fraction of sp³-hybridized carbons (Fsp3) is 0.310. The molecular formula is C29H31N3O4. The first kappa shape index (κ1) is 23.7. The third kappa shape index (κ3) is 5.00. The Hall–Kier alpha value is -4.00. The second kappa shape index (κ2) is 10.7. The molecule has 5 rings (SSSR count). The lowest BCUT2D eigenvalue weighted by atomic mass is 9.99. The first-order valence-corrected chi connectivity index (χ1v) is 12.5. The lowest BCUT2D eigenvalue weighted by Crippen LogP contribution is -2.46. The molecule has 1 aliphatic carbocycles. The number of ether oxygens (including phenoxy) is 1. The molecule has 186 valence electrons. The Morgan fingerprint density at radius 1 is 0.944 bits per heavy atom. The van der Waals surface area contributed by atoms with E-state index in [1.54, 1.807) is 4.90 Å². The highest BCUT2D eigenvalue weighted by atomic mass is 16.5. The number of carbonyl (C=O) groups excluding carboxylic acids is 1. The van der Waals surface area contributed by atoms with Gasteiger partial charge < -0.3 is 20.2 Å². The molecule has 36 heavy (non-hydrogen) atoms. The van der Waals surface area contributed by atoms with Crippen molar-refractivity contribution in [1.29, 1.82) is 0 Å². The van der Waals surface area contributed by atoms with Crippen molar-refractivity contribution in [2.24, 2.45) is 0 Å². The van der Waals surface area contributed by atoms with Crippen molar-refractivity contribution in [3.05, 3.63) is 105 Å². The van der Waals surface area contributed by atoms with Gasteiger partial charge in [-0.05, 0) is 54.9 Å². The number of nitrogens with zero attached hydrogens (tertiary/aromatic N) is 2. The molecule has 0 fully saturated rings.